The molecule has 0 aromatic heterocycles. The normalized spacial score (nSPS) is 27.6. The second-order valence-electron chi connectivity index (χ2n) is 6.67. The molecule has 0 aliphatic carbocycles. The van der Waals surface area contributed by atoms with Crippen LogP contribution in [0, 0.1) is 11.2 Å². The molecule has 2 atom stereocenters. The Morgan fingerprint density at radius 2 is 2.22 bits per heavy atom. The number of likely N-dealkylation sites (tertiary alicyclic amines) is 1. The number of ether oxygens (including phenoxy) is 2. The summed E-state index contributed by atoms with van der Waals surface area (Å²) in [6.07, 6.45) is 3.41. The number of amides is 1. The molecule has 126 valence electrons. The molecular formula is C18H24FNO3. The molecule has 0 saturated carbocycles. The summed E-state index contributed by atoms with van der Waals surface area (Å²) in [7, 11) is 1.71. The zero-order chi connectivity index (χ0) is 16.3. The number of fused-ring (bicyclic) bond motifs is 1. The fourth-order valence-electron chi connectivity index (χ4n) is 3.89. The minimum Gasteiger partial charge on any atom is -0.384 e. The lowest BCUT2D eigenvalue weighted by Gasteiger charge is -2.50. The molecular weight excluding hydrogens is 297 g/mol. The topological polar surface area (TPSA) is 38.8 Å². The highest BCUT2D eigenvalue weighted by atomic mass is 19.1. The summed E-state index contributed by atoms with van der Waals surface area (Å²) in [6, 6.07) is 6.15. The molecule has 2 fully saturated rings. The van der Waals surface area contributed by atoms with Crippen LogP contribution in [0.2, 0.25) is 0 Å². The van der Waals surface area contributed by atoms with E-state index in [4.69, 9.17) is 9.47 Å². The molecule has 2 saturated heterocycles. The Balaban J connectivity index is 1.68. The van der Waals surface area contributed by atoms with Crippen LogP contribution >= 0.6 is 0 Å². The van der Waals surface area contributed by atoms with Crippen molar-refractivity contribution in [3.63, 3.8) is 0 Å². The summed E-state index contributed by atoms with van der Waals surface area (Å²) >= 11 is 0. The Hall–Kier alpha value is -1.46. The van der Waals surface area contributed by atoms with Gasteiger partial charge in [-0.1, -0.05) is 12.1 Å². The molecule has 2 aliphatic rings. The van der Waals surface area contributed by atoms with Crippen molar-refractivity contribution in [2.24, 2.45) is 5.41 Å². The maximum atomic E-state index is 13.0. The van der Waals surface area contributed by atoms with Crippen LogP contribution in [0.1, 0.15) is 24.8 Å². The molecule has 0 unspecified atom stereocenters. The molecule has 5 heteroatoms. The van der Waals surface area contributed by atoms with Gasteiger partial charge in [0.2, 0.25) is 5.91 Å². The number of carbonyl (C=O) groups excluding carboxylic acids is 1. The van der Waals surface area contributed by atoms with Crippen LogP contribution in [0.4, 0.5) is 4.39 Å². The molecule has 2 aliphatic heterocycles. The summed E-state index contributed by atoms with van der Waals surface area (Å²) in [4.78, 5) is 14.5. The Morgan fingerprint density at radius 1 is 1.43 bits per heavy atom. The molecule has 1 amide bonds. The van der Waals surface area contributed by atoms with Crippen LogP contribution in [-0.2, 0) is 20.7 Å². The highest BCUT2D eigenvalue weighted by molar-refractivity contribution is 5.79. The van der Waals surface area contributed by atoms with E-state index < -0.39 is 0 Å². The maximum Gasteiger partial charge on any atom is 0.227 e. The molecule has 2 heterocycles. The second kappa shape index (κ2) is 6.97. The molecule has 4 nitrogen and oxygen atoms in total. The average Bonchev–Trinajstić information content (AvgIpc) is 2.56. The summed E-state index contributed by atoms with van der Waals surface area (Å²) in [5.74, 6) is -0.184. The first-order valence-corrected chi connectivity index (χ1v) is 8.26. The molecule has 0 radical (unpaired) electrons. The van der Waals surface area contributed by atoms with Gasteiger partial charge in [-0.15, -0.1) is 0 Å². The first kappa shape index (κ1) is 16.4. The Morgan fingerprint density at radius 3 is 2.96 bits per heavy atom. The number of methoxy groups -OCH3 is 1. The quantitative estimate of drug-likeness (QED) is 0.855. The Kier molecular flexibility index (Phi) is 4.97. The summed E-state index contributed by atoms with van der Waals surface area (Å²) in [5.41, 5.74) is 0.767. The molecule has 0 N–H and O–H groups in total. The SMILES string of the molecule is COC[C@]12CCCO[C@@H]1CCN(C(=O)Cc1ccc(F)cc1)C2. The average molecular weight is 321 g/mol. The number of halogens is 1. The second-order valence-corrected chi connectivity index (χ2v) is 6.67. The van der Waals surface area contributed by atoms with E-state index >= 15 is 0 Å². The molecule has 1 aromatic rings. The number of rotatable bonds is 4. The van der Waals surface area contributed by atoms with Crippen LogP contribution in [0.25, 0.3) is 0 Å². The smallest absolute Gasteiger partial charge is 0.227 e. The lowest BCUT2D eigenvalue weighted by molar-refractivity contribution is -0.161. The van der Waals surface area contributed by atoms with Gasteiger partial charge in [-0.3, -0.25) is 4.79 Å². The van der Waals surface area contributed by atoms with Gasteiger partial charge in [0.25, 0.3) is 0 Å². The first-order chi connectivity index (χ1) is 11.1. The minimum atomic E-state index is -0.277. The van der Waals surface area contributed by atoms with E-state index in [-0.39, 0.29) is 23.2 Å². The van der Waals surface area contributed by atoms with Crippen molar-refractivity contribution in [3.05, 3.63) is 35.6 Å². The number of hydrogen-bond donors (Lipinski definition) is 0. The van der Waals surface area contributed by atoms with Gasteiger partial charge in [0.15, 0.2) is 0 Å². The van der Waals surface area contributed by atoms with Crippen molar-refractivity contribution in [2.75, 3.05) is 33.4 Å². The third-order valence-corrected chi connectivity index (χ3v) is 5.04. The van der Waals surface area contributed by atoms with Crippen molar-refractivity contribution >= 4 is 5.91 Å². The van der Waals surface area contributed by atoms with E-state index in [1.807, 2.05) is 4.90 Å². The monoisotopic (exact) mass is 321 g/mol. The van der Waals surface area contributed by atoms with Crippen molar-refractivity contribution in [3.8, 4) is 0 Å². The van der Waals surface area contributed by atoms with Crippen LogP contribution in [-0.4, -0.2) is 50.3 Å². The van der Waals surface area contributed by atoms with E-state index in [1.54, 1.807) is 19.2 Å². The maximum absolute atomic E-state index is 13.0. The summed E-state index contributed by atoms with van der Waals surface area (Å²) in [6.45, 7) is 2.83. The lowest BCUT2D eigenvalue weighted by Crippen LogP contribution is -2.58. The number of benzene rings is 1. The minimum absolute atomic E-state index is 0.0797. The Bertz CT molecular complexity index is 544. The predicted octanol–water partition coefficient (Wildman–Crippen LogP) is 2.41. The van der Waals surface area contributed by atoms with Crippen molar-refractivity contribution in [1.82, 2.24) is 4.90 Å². The number of carbonyl (C=O) groups is 1. The third kappa shape index (κ3) is 3.56. The lowest BCUT2D eigenvalue weighted by atomic mass is 9.73. The third-order valence-electron chi connectivity index (χ3n) is 5.04. The van der Waals surface area contributed by atoms with Gasteiger partial charge in [-0.2, -0.15) is 0 Å². The Labute approximate surface area is 136 Å². The van der Waals surface area contributed by atoms with Gasteiger partial charge in [-0.25, -0.2) is 4.39 Å². The predicted molar refractivity (Wildman–Crippen MR) is 84.6 cm³/mol. The zero-order valence-corrected chi connectivity index (χ0v) is 13.6. The first-order valence-electron chi connectivity index (χ1n) is 8.26. The van der Waals surface area contributed by atoms with Crippen LogP contribution in [0.3, 0.4) is 0 Å². The largest absolute Gasteiger partial charge is 0.384 e. The highest BCUT2D eigenvalue weighted by Gasteiger charge is 2.46. The standard InChI is InChI=1S/C18H24FNO3/c1-22-13-18-8-2-10-23-16(18)7-9-20(12-18)17(21)11-14-3-5-15(19)6-4-14/h3-6,16H,2,7-13H2,1H3/t16-,18-/m1/s1. The number of nitrogens with zero attached hydrogens (tertiary/aromatic N) is 1. The van der Waals surface area contributed by atoms with Crippen LogP contribution in [0.15, 0.2) is 24.3 Å². The van der Waals surface area contributed by atoms with Crippen LogP contribution < -0.4 is 0 Å². The van der Waals surface area contributed by atoms with Gasteiger partial charge in [0.1, 0.15) is 5.82 Å². The molecule has 3 rings (SSSR count). The molecule has 0 bridgehead atoms. The van der Waals surface area contributed by atoms with Crippen molar-refractivity contribution in [2.45, 2.75) is 31.8 Å². The number of hydrogen-bond acceptors (Lipinski definition) is 3. The van der Waals surface area contributed by atoms with E-state index in [2.05, 4.69) is 0 Å². The number of piperidine rings is 1. The molecule has 0 spiro atoms. The van der Waals surface area contributed by atoms with Gasteiger partial charge < -0.3 is 14.4 Å². The van der Waals surface area contributed by atoms with Gasteiger partial charge in [-0.05, 0) is 37.0 Å². The van der Waals surface area contributed by atoms with Crippen molar-refractivity contribution < 1.29 is 18.7 Å². The highest BCUT2D eigenvalue weighted by Crippen LogP contribution is 2.40. The fraction of sp³-hybridized carbons (Fsp3) is 0.611. The van der Waals surface area contributed by atoms with E-state index in [9.17, 15) is 9.18 Å². The van der Waals surface area contributed by atoms with Crippen LogP contribution in [0.5, 0.6) is 0 Å². The van der Waals surface area contributed by atoms with Gasteiger partial charge in [0.05, 0.1) is 19.1 Å². The van der Waals surface area contributed by atoms with Crippen molar-refractivity contribution in [1.29, 1.82) is 0 Å². The van der Waals surface area contributed by atoms with Gasteiger partial charge >= 0.3 is 0 Å². The molecule has 23 heavy (non-hydrogen) atoms. The zero-order valence-electron chi connectivity index (χ0n) is 13.6. The fourth-order valence-corrected chi connectivity index (χ4v) is 3.89. The summed E-state index contributed by atoms with van der Waals surface area (Å²) < 4.78 is 24.4. The van der Waals surface area contributed by atoms with Gasteiger partial charge in [0, 0.05) is 32.2 Å². The van der Waals surface area contributed by atoms with E-state index in [0.717, 1.165) is 38.0 Å². The summed E-state index contributed by atoms with van der Waals surface area (Å²) in [5, 5.41) is 0. The van der Waals surface area contributed by atoms with E-state index in [1.165, 1.54) is 12.1 Å². The molecule has 1 aromatic carbocycles. The van der Waals surface area contributed by atoms with E-state index in [0.29, 0.717) is 19.6 Å².